The molecular weight excluding hydrogens is 309 g/mol. The van der Waals surface area contributed by atoms with Crippen LogP contribution < -0.4 is 15.9 Å². The van der Waals surface area contributed by atoms with Gasteiger partial charge in [-0.25, -0.2) is 0 Å². The highest BCUT2D eigenvalue weighted by Crippen LogP contribution is 2.34. The Hall–Kier alpha value is -1.95. The zero-order chi connectivity index (χ0) is 16.8. The Morgan fingerprint density at radius 1 is 0.667 bits per heavy atom. The summed E-state index contributed by atoms with van der Waals surface area (Å²) in [6.07, 6.45) is 1.08. The van der Waals surface area contributed by atoms with Gasteiger partial charge in [0.2, 0.25) is 0 Å². The molecule has 0 fully saturated rings. The summed E-state index contributed by atoms with van der Waals surface area (Å²) in [5, 5.41) is 4.30. The maximum absolute atomic E-state index is 2.32. The topological polar surface area (TPSA) is 3.24 Å². The minimum absolute atomic E-state index is 0.516. The van der Waals surface area contributed by atoms with Crippen molar-refractivity contribution in [2.45, 2.75) is 6.42 Å². The van der Waals surface area contributed by atoms with Gasteiger partial charge < -0.3 is 4.90 Å². The number of benzene rings is 3. The monoisotopic (exact) mass is 333 g/mol. The van der Waals surface area contributed by atoms with E-state index < -0.39 is 7.92 Å². The van der Waals surface area contributed by atoms with E-state index in [0.29, 0.717) is 0 Å². The van der Waals surface area contributed by atoms with E-state index in [-0.39, 0.29) is 0 Å². The number of nitrogens with zero attached hydrogens (tertiary/aromatic N) is 1. The number of hydrogen-bond donors (Lipinski definition) is 0. The van der Waals surface area contributed by atoms with Crippen LogP contribution in [0, 0.1) is 0 Å². The molecule has 0 spiro atoms. The normalized spacial score (nSPS) is 11.2. The van der Waals surface area contributed by atoms with E-state index in [1.54, 1.807) is 0 Å². The van der Waals surface area contributed by atoms with Crippen LogP contribution in [0.4, 0.5) is 0 Å². The first-order valence-electron chi connectivity index (χ1n) is 8.38. The van der Waals surface area contributed by atoms with Gasteiger partial charge in [0, 0.05) is 6.54 Å². The summed E-state index contributed by atoms with van der Waals surface area (Å²) in [4.78, 5) is 2.25. The van der Waals surface area contributed by atoms with Crippen LogP contribution in [0.15, 0.2) is 84.9 Å². The summed E-state index contributed by atoms with van der Waals surface area (Å²) in [7, 11) is 3.76. The lowest BCUT2D eigenvalue weighted by molar-refractivity contribution is 0.414. The van der Waals surface area contributed by atoms with Gasteiger partial charge in [-0.3, -0.25) is 0 Å². The van der Waals surface area contributed by atoms with Crippen LogP contribution in [-0.4, -0.2) is 25.5 Å². The van der Waals surface area contributed by atoms with Gasteiger partial charge in [0.25, 0.3) is 0 Å². The van der Waals surface area contributed by atoms with Crippen molar-refractivity contribution in [1.82, 2.24) is 4.90 Å². The van der Waals surface area contributed by atoms with Gasteiger partial charge >= 0.3 is 0 Å². The van der Waals surface area contributed by atoms with E-state index in [2.05, 4.69) is 104 Å². The van der Waals surface area contributed by atoms with Crippen molar-refractivity contribution in [3.05, 3.63) is 90.5 Å². The van der Waals surface area contributed by atoms with Gasteiger partial charge in [-0.15, -0.1) is 0 Å². The molecule has 3 aromatic carbocycles. The van der Waals surface area contributed by atoms with Gasteiger partial charge in [0.1, 0.15) is 0 Å². The molecule has 0 aliphatic heterocycles. The lowest BCUT2D eigenvalue weighted by atomic mass is 10.1. The van der Waals surface area contributed by atoms with Crippen LogP contribution in [-0.2, 0) is 6.42 Å². The van der Waals surface area contributed by atoms with Crippen molar-refractivity contribution in [2.24, 2.45) is 0 Å². The SMILES string of the molecule is CN(C)CCc1ccccc1P(c1ccccc1)c1ccccc1. The lowest BCUT2D eigenvalue weighted by Crippen LogP contribution is -2.25. The van der Waals surface area contributed by atoms with Gasteiger partial charge in [0.05, 0.1) is 0 Å². The van der Waals surface area contributed by atoms with E-state index in [1.165, 1.54) is 21.5 Å². The van der Waals surface area contributed by atoms with Crippen molar-refractivity contribution < 1.29 is 0 Å². The smallest absolute Gasteiger partial charge is 0.00160 e. The molecule has 0 unspecified atom stereocenters. The number of rotatable bonds is 6. The molecule has 1 nitrogen and oxygen atoms in total. The zero-order valence-electron chi connectivity index (χ0n) is 14.4. The molecule has 24 heavy (non-hydrogen) atoms. The summed E-state index contributed by atoms with van der Waals surface area (Å²) in [5.41, 5.74) is 1.46. The van der Waals surface area contributed by atoms with Crippen LogP contribution in [0.1, 0.15) is 5.56 Å². The van der Waals surface area contributed by atoms with Crippen LogP contribution in [0.2, 0.25) is 0 Å². The van der Waals surface area contributed by atoms with E-state index in [4.69, 9.17) is 0 Å². The minimum Gasteiger partial charge on any atom is -0.309 e. The Morgan fingerprint density at radius 2 is 1.17 bits per heavy atom. The van der Waals surface area contributed by atoms with Gasteiger partial charge in [-0.05, 0) is 49.9 Å². The Bertz CT molecular complexity index is 714. The predicted molar refractivity (Wildman–Crippen MR) is 107 cm³/mol. The van der Waals surface area contributed by atoms with Crippen molar-refractivity contribution >= 4 is 23.8 Å². The number of likely N-dealkylation sites (N-methyl/N-ethyl adjacent to an activating group) is 1. The van der Waals surface area contributed by atoms with Crippen molar-refractivity contribution in [3.8, 4) is 0 Å². The van der Waals surface area contributed by atoms with E-state index in [0.717, 1.165) is 13.0 Å². The molecule has 0 bridgehead atoms. The predicted octanol–water partition coefficient (Wildman–Crippen LogP) is 3.55. The third-order valence-corrected chi connectivity index (χ3v) is 6.64. The second-order valence-electron chi connectivity index (χ2n) is 6.19. The van der Waals surface area contributed by atoms with E-state index in [9.17, 15) is 0 Å². The van der Waals surface area contributed by atoms with Crippen LogP contribution in [0.5, 0.6) is 0 Å². The molecule has 0 N–H and O–H groups in total. The van der Waals surface area contributed by atoms with Crippen LogP contribution in [0.25, 0.3) is 0 Å². The van der Waals surface area contributed by atoms with Crippen molar-refractivity contribution in [3.63, 3.8) is 0 Å². The summed E-state index contributed by atoms with van der Waals surface area (Å²) < 4.78 is 0. The van der Waals surface area contributed by atoms with Crippen LogP contribution in [0.3, 0.4) is 0 Å². The molecule has 0 heterocycles. The van der Waals surface area contributed by atoms with Crippen molar-refractivity contribution in [1.29, 1.82) is 0 Å². The molecule has 0 saturated carbocycles. The fourth-order valence-corrected chi connectivity index (χ4v) is 5.37. The summed E-state index contributed by atoms with van der Waals surface area (Å²) >= 11 is 0. The maximum atomic E-state index is 2.32. The second-order valence-corrected chi connectivity index (χ2v) is 8.37. The quantitative estimate of drug-likeness (QED) is 0.624. The van der Waals surface area contributed by atoms with E-state index >= 15 is 0 Å². The first kappa shape index (κ1) is 16.9. The standard InChI is InChI=1S/C22H24NP/c1-23(2)18-17-19-11-9-10-16-22(19)24(20-12-5-3-6-13-20)21-14-7-4-8-15-21/h3-16H,17-18H2,1-2H3. The first-order valence-corrected chi connectivity index (χ1v) is 9.73. The summed E-state index contributed by atoms with van der Waals surface area (Å²) in [5.74, 6) is 0. The Labute approximate surface area is 146 Å². The first-order chi connectivity index (χ1) is 11.8. The Kier molecular flexibility index (Phi) is 5.80. The highest BCUT2D eigenvalue weighted by molar-refractivity contribution is 7.79. The Balaban J connectivity index is 2.07. The fourth-order valence-electron chi connectivity index (χ4n) is 2.87. The molecule has 0 amide bonds. The molecule has 122 valence electrons. The summed E-state index contributed by atoms with van der Waals surface area (Å²) in [6, 6.07) is 30.8. The molecular formula is C22H24NP. The largest absolute Gasteiger partial charge is 0.309 e. The fraction of sp³-hybridized carbons (Fsp3) is 0.182. The maximum Gasteiger partial charge on any atom is 0.00160 e. The molecule has 3 rings (SSSR count). The highest BCUT2D eigenvalue weighted by atomic mass is 31.1. The molecule has 0 aliphatic carbocycles. The van der Waals surface area contributed by atoms with Gasteiger partial charge in [0.15, 0.2) is 0 Å². The second kappa shape index (κ2) is 8.24. The number of hydrogen-bond acceptors (Lipinski definition) is 1. The van der Waals surface area contributed by atoms with Crippen molar-refractivity contribution in [2.75, 3.05) is 20.6 Å². The molecule has 0 atom stereocenters. The lowest BCUT2D eigenvalue weighted by Gasteiger charge is -2.23. The zero-order valence-corrected chi connectivity index (χ0v) is 15.3. The molecule has 0 radical (unpaired) electrons. The average molecular weight is 333 g/mol. The molecule has 3 aromatic rings. The van der Waals surface area contributed by atoms with Gasteiger partial charge in [-0.2, -0.15) is 0 Å². The highest BCUT2D eigenvalue weighted by Gasteiger charge is 2.18. The molecule has 0 saturated heterocycles. The van der Waals surface area contributed by atoms with Crippen LogP contribution >= 0.6 is 7.92 Å². The van der Waals surface area contributed by atoms with Gasteiger partial charge in [-0.1, -0.05) is 84.9 Å². The molecule has 2 heteroatoms. The summed E-state index contributed by atoms with van der Waals surface area (Å²) in [6.45, 7) is 1.07. The third kappa shape index (κ3) is 4.12. The minimum atomic E-state index is -0.516. The molecule has 0 aliphatic rings. The third-order valence-electron chi connectivity index (χ3n) is 4.09. The van der Waals surface area contributed by atoms with E-state index in [1.807, 2.05) is 0 Å². The Morgan fingerprint density at radius 3 is 1.71 bits per heavy atom. The molecule has 0 aromatic heterocycles. The average Bonchev–Trinajstić information content (AvgIpc) is 2.63.